The molecule has 2 aromatic rings. The average Bonchev–Trinajstić information content (AvgIpc) is 2.69. The molecule has 0 aliphatic heterocycles. The molecule has 1 N–H and O–H groups in total. The smallest absolute Gasteiger partial charge is 0.337 e. The van der Waals surface area contributed by atoms with Gasteiger partial charge in [0.25, 0.3) is 0 Å². The minimum absolute atomic E-state index is 0.352. The van der Waals surface area contributed by atoms with E-state index in [2.05, 4.69) is 15.5 Å². The molecule has 0 atom stereocenters. The normalized spacial score (nSPS) is 9.25. The van der Waals surface area contributed by atoms with Gasteiger partial charge >= 0.3 is 5.97 Å². The monoisotopic (exact) mass is 329 g/mol. The molecule has 0 saturated heterocycles. The fraction of sp³-hybridized carbons (Fsp3) is 0.316. The molecule has 0 unspecified atom stereocenters. The molecule has 1 aromatic carbocycles. The van der Waals surface area contributed by atoms with Crippen molar-refractivity contribution in [1.29, 1.82) is 0 Å². The Kier molecular flexibility index (Phi) is 11.4. The number of ether oxygens (including phenoxy) is 1. The van der Waals surface area contributed by atoms with Crippen molar-refractivity contribution in [2.45, 2.75) is 34.6 Å². The number of carbonyl (C=O) groups excluding carboxylic acids is 1. The predicted octanol–water partition coefficient (Wildman–Crippen LogP) is 5.01. The summed E-state index contributed by atoms with van der Waals surface area (Å²) >= 11 is 0. The van der Waals surface area contributed by atoms with Gasteiger partial charge in [-0.15, -0.1) is 0 Å². The molecule has 24 heavy (non-hydrogen) atoms. The molecule has 5 nitrogen and oxygen atoms in total. The van der Waals surface area contributed by atoms with Crippen molar-refractivity contribution in [1.82, 2.24) is 4.98 Å². The zero-order valence-corrected chi connectivity index (χ0v) is 15.3. The van der Waals surface area contributed by atoms with Crippen molar-refractivity contribution < 1.29 is 9.53 Å². The zero-order valence-electron chi connectivity index (χ0n) is 15.3. The second kappa shape index (κ2) is 12.8. The highest BCUT2D eigenvalue weighted by Gasteiger charge is 2.06. The van der Waals surface area contributed by atoms with Gasteiger partial charge in [0, 0.05) is 18.0 Å². The van der Waals surface area contributed by atoms with Crippen LogP contribution in [0, 0.1) is 0 Å². The Bertz CT molecular complexity index is 623. The lowest BCUT2D eigenvalue weighted by Gasteiger charge is -2.05. The Morgan fingerprint density at radius 3 is 2.38 bits per heavy atom. The Morgan fingerprint density at radius 2 is 1.83 bits per heavy atom. The first-order valence-electron chi connectivity index (χ1n) is 8.13. The summed E-state index contributed by atoms with van der Waals surface area (Å²) < 4.78 is 4.71. The van der Waals surface area contributed by atoms with E-state index in [0.29, 0.717) is 11.4 Å². The number of rotatable bonds is 4. The lowest BCUT2D eigenvalue weighted by molar-refractivity contribution is 0.0601. The van der Waals surface area contributed by atoms with Crippen LogP contribution in [0.15, 0.2) is 47.7 Å². The maximum absolute atomic E-state index is 11.5. The fourth-order valence-electron chi connectivity index (χ4n) is 1.71. The lowest BCUT2D eigenvalue weighted by atomic mass is 10.0. The van der Waals surface area contributed by atoms with Gasteiger partial charge in [-0.1, -0.05) is 39.8 Å². The van der Waals surface area contributed by atoms with Gasteiger partial charge in [-0.3, -0.25) is 5.43 Å². The first-order valence-corrected chi connectivity index (χ1v) is 8.13. The first-order chi connectivity index (χ1) is 11.7. The number of pyridine rings is 1. The molecule has 0 bridgehead atoms. The van der Waals surface area contributed by atoms with E-state index in [1.165, 1.54) is 7.11 Å². The first kappa shape index (κ1) is 21.3. The third-order valence-corrected chi connectivity index (χ3v) is 2.69. The van der Waals surface area contributed by atoms with Crippen molar-refractivity contribution in [3.8, 4) is 11.1 Å². The number of aromatic nitrogens is 1. The average molecular weight is 329 g/mol. The Hall–Kier alpha value is -2.69. The van der Waals surface area contributed by atoms with Crippen LogP contribution in [0.2, 0.25) is 0 Å². The van der Waals surface area contributed by atoms with Crippen molar-refractivity contribution in [2.24, 2.45) is 5.10 Å². The minimum atomic E-state index is -0.352. The second-order valence-electron chi connectivity index (χ2n) is 4.00. The topological polar surface area (TPSA) is 63.6 Å². The predicted molar refractivity (Wildman–Crippen MR) is 101 cm³/mol. The third-order valence-electron chi connectivity index (χ3n) is 2.69. The molecule has 0 saturated carbocycles. The van der Waals surface area contributed by atoms with Crippen LogP contribution in [-0.4, -0.2) is 24.3 Å². The summed E-state index contributed by atoms with van der Waals surface area (Å²) in [5, 5.41) is 3.89. The highest BCUT2D eigenvalue weighted by Crippen LogP contribution is 2.21. The van der Waals surface area contributed by atoms with Crippen molar-refractivity contribution in [2.75, 3.05) is 12.5 Å². The molecular formula is C19H27N3O2. The quantitative estimate of drug-likeness (QED) is 0.487. The summed E-state index contributed by atoms with van der Waals surface area (Å²) in [7, 11) is 1.37. The molecule has 130 valence electrons. The van der Waals surface area contributed by atoms with Crippen molar-refractivity contribution >= 4 is 18.0 Å². The van der Waals surface area contributed by atoms with Gasteiger partial charge in [0.05, 0.1) is 12.7 Å². The van der Waals surface area contributed by atoms with Crippen LogP contribution in [0.3, 0.4) is 0 Å². The van der Waals surface area contributed by atoms with E-state index in [0.717, 1.165) is 11.1 Å². The maximum atomic E-state index is 11.5. The van der Waals surface area contributed by atoms with E-state index in [1.54, 1.807) is 24.5 Å². The van der Waals surface area contributed by atoms with E-state index >= 15 is 0 Å². The van der Waals surface area contributed by atoms with Gasteiger partial charge in [-0.05, 0) is 36.8 Å². The lowest BCUT2D eigenvalue weighted by Crippen LogP contribution is -2.00. The molecular weight excluding hydrogens is 302 g/mol. The SMILES string of the molecule is C/C=N/Nc1ccc(-c2cccc(C(=O)OC)c2)cn1.CC.CC. The van der Waals surface area contributed by atoms with Crippen molar-refractivity contribution in [3.63, 3.8) is 0 Å². The van der Waals surface area contributed by atoms with Crippen LogP contribution in [0.5, 0.6) is 0 Å². The molecule has 5 heteroatoms. The van der Waals surface area contributed by atoms with Gasteiger partial charge < -0.3 is 4.74 Å². The van der Waals surface area contributed by atoms with E-state index in [-0.39, 0.29) is 5.97 Å². The van der Waals surface area contributed by atoms with Gasteiger partial charge in [0.2, 0.25) is 0 Å². The molecule has 0 amide bonds. The van der Waals surface area contributed by atoms with Crippen LogP contribution in [-0.2, 0) is 4.74 Å². The highest BCUT2D eigenvalue weighted by atomic mass is 16.5. The van der Waals surface area contributed by atoms with E-state index in [1.807, 2.05) is 58.9 Å². The number of carbonyl (C=O) groups is 1. The number of hydrogen-bond acceptors (Lipinski definition) is 5. The Morgan fingerprint density at radius 1 is 1.12 bits per heavy atom. The standard InChI is InChI=1S/C15H15N3O2.2C2H6/c1-3-17-18-14-8-7-13(10-16-14)11-5-4-6-12(9-11)15(19)20-2;2*1-2/h3-10H,1-2H3,(H,16,18);2*1-2H3/b17-3+;;. The fourth-order valence-corrected chi connectivity index (χ4v) is 1.71. The molecule has 0 radical (unpaired) electrons. The van der Waals surface area contributed by atoms with E-state index < -0.39 is 0 Å². The van der Waals surface area contributed by atoms with Gasteiger partial charge in [-0.25, -0.2) is 9.78 Å². The van der Waals surface area contributed by atoms with Crippen LogP contribution < -0.4 is 5.43 Å². The molecule has 0 aliphatic carbocycles. The van der Waals surface area contributed by atoms with E-state index in [4.69, 9.17) is 4.74 Å². The van der Waals surface area contributed by atoms with Gasteiger partial charge in [0.1, 0.15) is 5.82 Å². The van der Waals surface area contributed by atoms with E-state index in [9.17, 15) is 4.79 Å². The number of benzene rings is 1. The molecule has 1 aromatic heterocycles. The summed E-state index contributed by atoms with van der Waals surface area (Å²) in [6.45, 7) is 9.82. The number of nitrogens with zero attached hydrogens (tertiary/aromatic N) is 2. The van der Waals surface area contributed by atoms with Gasteiger partial charge in [-0.2, -0.15) is 5.10 Å². The maximum Gasteiger partial charge on any atom is 0.337 e. The summed E-state index contributed by atoms with van der Waals surface area (Å²) in [6, 6.07) is 11.0. The van der Waals surface area contributed by atoms with Crippen LogP contribution in [0.1, 0.15) is 45.0 Å². The number of nitrogens with one attached hydrogen (secondary N) is 1. The molecule has 0 aliphatic rings. The summed E-state index contributed by atoms with van der Waals surface area (Å²) in [4.78, 5) is 15.8. The summed E-state index contributed by atoms with van der Waals surface area (Å²) in [5.41, 5.74) is 5.14. The minimum Gasteiger partial charge on any atom is -0.465 e. The number of methoxy groups -OCH3 is 1. The molecule has 0 fully saturated rings. The van der Waals surface area contributed by atoms with Gasteiger partial charge in [0.15, 0.2) is 0 Å². The number of anilines is 1. The van der Waals surface area contributed by atoms with Crippen LogP contribution in [0.25, 0.3) is 11.1 Å². The molecule has 2 rings (SSSR count). The number of hydrogen-bond donors (Lipinski definition) is 1. The number of esters is 1. The number of hydrazone groups is 1. The molecule has 0 spiro atoms. The Labute approximate surface area is 144 Å². The second-order valence-corrected chi connectivity index (χ2v) is 4.00. The van der Waals surface area contributed by atoms with Crippen molar-refractivity contribution in [3.05, 3.63) is 48.2 Å². The van der Waals surface area contributed by atoms with Crippen LogP contribution >= 0.6 is 0 Å². The third kappa shape index (κ3) is 6.60. The summed E-state index contributed by atoms with van der Waals surface area (Å²) in [6.07, 6.45) is 3.37. The largest absolute Gasteiger partial charge is 0.465 e. The zero-order chi connectivity index (χ0) is 18.4. The van der Waals surface area contributed by atoms with Crippen LogP contribution in [0.4, 0.5) is 5.82 Å². The highest BCUT2D eigenvalue weighted by molar-refractivity contribution is 5.90. The summed E-state index contributed by atoms with van der Waals surface area (Å²) in [5.74, 6) is 0.311. The Balaban J connectivity index is 0.00000123. The molecule has 1 heterocycles.